The summed E-state index contributed by atoms with van der Waals surface area (Å²) in [6.07, 6.45) is 5.53. The van der Waals surface area contributed by atoms with E-state index in [0.29, 0.717) is 38.0 Å². The molecule has 0 aromatic heterocycles. The molecule has 0 bridgehead atoms. The first-order chi connectivity index (χ1) is 22.3. The number of nitrogens with zero attached hydrogens (tertiary/aromatic N) is 3. The third-order valence-electron chi connectivity index (χ3n) is 9.19. The number of amides is 6. The van der Waals surface area contributed by atoms with E-state index in [1.165, 1.54) is 6.07 Å². The van der Waals surface area contributed by atoms with E-state index in [2.05, 4.69) is 27.8 Å². The zero-order valence-corrected chi connectivity index (χ0v) is 26.4. The number of carbonyl (C=O) groups excluding carboxylic acids is 6. The van der Waals surface area contributed by atoms with Gasteiger partial charge < -0.3 is 25.0 Å². The minimum absolute atomic E-state index is 0.0550. The molecule has 3 aliphatic heterocycles. The van der Waals surface area contributed by atoms with Gasteiger partial charge in [-0.3, -0.25) is 39.1 Å². The Morgan fingerprint density at radius 2 is 1.72 bits per heavy atom. The molecule has 1 aliphatic carbocycles. The van der Waals surface area contributed by atoms with Crippen LogP contribution in [0.15, 0.2) is 18.2 Å². The van der Waals surface area contributed by atoms with Crippen molar-refractivity contribution in [2.45, 2.75) is 76.4 Å². The summed E-state index contributed by atoms with van der Waals surface area (Å²) in [5, 5.41) is 8.30. The van der Waals surface area contributed by atoms with E-state index in [1.807, 2.05) is 4.90 Å². The topological polar surface area (TPSA) is 167 Å². The average Bonchev–Trinajstić information content (AvgIpc) is 3.31. The molecule has 3 fully saturated rings. The number of rotatable bonds is 12. The van der Waals surface area contributed by atoms with Gasteiger partial charge >= 0.3 is 6.09 Å². The highest BCUT2D eigenvalue weighted by atomic mass is 16.5. The van der Waals surface area contributed by atoms with Gasteiger partial charge in [-0.05, 0) is 50.7 Å². The molecule has 250 valence electrons. The van der Waals surface area contributed by atoms with E-state index in [0.717, 1.165) is 56.5 Å². The maximum atomic E-state index is 13.2. The number of nitrogens with one attached hydrogen (secondary N) is 3. The number of imide groups is 2. The summed E-state index contributed by atoms with van der Waals surface area (Å²) in [5.74, 6) is -2.30. The van der Waals surface area contributed by atoms with Crippen molar-refractivity contribution in [1.82, 2.24) is 25.3 Å². The number of piperidine rings is 1. The predicted molar refractivity (Wildman–Crippen MR) is 166 cm³/mol. The minimum Gasteiger partial charge on any atom is -0.450 e. The van der Waals surface area contributed by atoms with Crippen LogP contribution >= 0.6 is 0 Å². The van der Waals surface area contributed by atoms with Crippen LogP contribution in [0.4, 0.5) is 10.5 Å². The Morgan fingerprint density at radius 1 is 0.957 bits per heavy atom. The molecule has 14 heteroatoms. The molecule has 3 heterocycles. The molecule has 4 aliphatic rings. The maximum Gasteiger partial charge on any atom is 0.407 e. The molecular weight excluding hydrogens is 596 g/mol. The SMILES string of the molecule is CCCCOC(=O)NC1CCC(N2CCN(C(=O)COCCNc3cccc4c3C(=O)N(C3CCC(=O)NC3=O)C4=O)CC2)CC1. The van der Waals surface area contributed by atoms with E-state index in [1.54, 1.807) is 12.1 Å². The van der Waals surface area contributed by atoms with E-state index >= 15 is 0 Å². The Morgan fingerprint density at radius 3 is 2.43 bits per heavy atom. The second-order valence-electron chi connectivity index (χ2n) is 12.2. The van der Waals surface area contributed by atoms with E-state index in [-0.39, 0.29) is 55.2 Å². The fraction of sp³-hybridized carbons (Fsp3) is 0.625. The quantitative estimate of drug-likeness (QED) is 0.225. The van der Waals surface area contributed by atoms with Crippen molar-refractivity contribution in [3.63, 3.8) is 0 Å². The number of unbranched alkanes of at least 4 members (excludes halogenated alkanes) is 1. The first kappa shape index (κ1) is 33.3. The van der Waals surface area contributed by atoms with Crippen LogP contribution in [-0.4, -0.2) is 121 Å². The Balaban J connectivity index is 0.992. The zero-order chi connectivity index (χ0) is 32.6. The fourth-order valence-corrected chi connectivity index (χ4v) is 6.61. The van der Waals surface area contributed by atoms with Gasteiger partial charge in [-0.1, -0.05) is 19.4 Å². The number of fused-ring (bicyclic) bond motifs is 1. The average molecular weight is 641 g/mol. The monoisotopic (exact) mass is 640 g/mol. The lowest BCUT2D eigenvalue weighted by atomic mass is 9.90. The van der Waals surface area contributed by atoms with Gasteiger partial charge in [0.05, 0.1) is 24.3 Å². The van der Waals surface area contributed by atoms with Crippen LogP contribution in [0.3, 0.4) is 0 Å². The summed E-state index contributed by atoms with van der Waals surface area (Å²) < 4.78 is 10.9. The summed E-state index contributed by atoms with van der Waals surface area (Å²) in [5.41, 5.74) is 0.816. The second-order valence-corrected chi connectivity index (χ2v) is 12.2. The van der Waals surface area contributed by atoms with E-state index in [4.69, 9.17) is 9.47 Å². The van der Waals surface area contributed by atoms with Crippen LogP contribution in [-0.2, 0) is 23.9 Å². The van der Waals surface area contributed by atoms with Gasteiger partial charge in [-0.2, -0.15) is 0 Å². The first-order valence-electron chi connectivity index (χ1n) is 16.4. The summed E-state index contributed by atoms with van der Waals surface area (Å²) in [6, 6.07) is 4.44. The molecule has 3 N–H and O–H groups in total. The largest absolute Gasteiger partial charge is 0.450 e. The van der Waals surface area contributed by atoms with Gasteiger partial charge in [0.1, 0.15) is 12.6 Å². The summed E-state index contributed by atoms with van der Waals surface area (Å²) >= 11 is 0. The summed E-state index contributed by atoms with van der Waals surface area (Å²) in [6.45, 7) is 5.84. The molecule has 14 nitrogen and oxygen atoms in total. The highest BCUT2D eigenvalue weighted by Crippen LogP contribution is 2.32. The van der Waals surface area contributed by atoms with Gasteiger partial charge in [0.25, 0.3) is 11.8 Å². The molecule has 0 radical (unpaired) electrons. The predicted octanol–water partition coefficient (Wildman–Crippen LogP) is 1.50. The Kier molecular flexibility index (Phi) is 11.2. The third kappa shape index (κ3) is 7.84. The maximum absolute atomic E-state index is 13.2. The number of alkyl carbamates (subject to hydrolysis) is 1. The molecule has 1 aromatic rings. The number of piperazine rings is 1. The fourth-order valence-electron chi connectivity index (χ4n) is 6.61. The van der Waals surface area contributed by atoms with Crippen molar-refractivity contribution < 1.29 is 38.2 Å². The lowest BCUT2D eigenvalue weighted by molar-refractivity contribution is -0.138. The normalized spacial score (nSPS) is 23.6. The Labute approximate surface area is 268 Å². The molecule has 46 heavy (non-hydrogen) atoms. The molecule has 1 saturated carbocycles. The summed E-state index contributed by atoms with van der Waals surface area (Å²) in [7, 11) is 0. The van der Waals surface area contributed by atoms with Crippen LogP contribution in [0.25, 0.3) is 0 Å². The molecular formula is C32H44N6O8. The first-order valence-corrected chi connectivity index (χ1v) is 16.4. The van der Waals surface area contributed by atoms with Gasteiger partial charge in [0.15, 0.2) is 0 Å². The van der Waals surface area contributed by atoms with E-state index in [9.17, 15) is 28.8 Å². The third-order valence-corrected chi connectivity index (χ3v) is 9.19. The number of carbonyl (C=O) groups is 6. The van der Waals surface area contributed by atoms with Crippen LogP contribution in [0.1, 0.15) is 79.0 Å². The van der Waals surface area contributed by atoms with Crippen molar-refractivity contribution in [2.75, 3.05) is 57.9 Å². The molecule has 1 aromatic carbocycles. The van der Waals surface area contributed by atoms with Crippen molar-refractivity contribution in [3.05, 3.63) is 29.3 Å². The molecule has 1 unspecified atom stereocenters. The molecule has 6 amide bonds. The number of hydrogen-bond donors (Lipinski definition) is 3. The highest BCUT2D eigenvalue weighted by molar-refractivity contribution is 6.25. The molecule has 2 saturated heterocycles. The van der Waals surface area contributed by atoms with Crippen molar-refractivity contribution in [2.24, 2.45) is 0 Å². The zero-order valence-electron chi connectivity index (χ0n) is 26.4. The molecule has 1 atom stereocenters. The number of benzene rings is 1. The lowest BCUT2D eigenvalue weighted by Crippen LogP contribution is -2.54. The molecule has 0 spiro atoms. The highest BCUT2D eigenvalue weighted by Gasteiger charge is 2.45. The Hall–Kier alpha value is -4.04. The smallest absolute Gasteiger partial charge is 0.407 e. The van der Waals surface area contributed by atoms with Crippen molar-refractivity contribution in [3.8, 4) is 0 Å². The number of hydrogen-bond acceptors (Lipinski definition) is 10. The van der Waals surface area contributed by atoms with Crippen molar-refractivity contribution in [1.29, 1.82) is 0 Å². The number of anilines is 1. The van der Waals surface area contributed by atoms with Crippen LogP contribution in [0.2, 0.25) is 0 Å². The van der Waals surface area contributed by atoms with Gasteiger partial charge in [-0.25, -0.2) is 4.79 Å². The Bertz CT molecular complexity index is 1320. The second kappa shape index (κ2) is 15.5. The van der Waals surface area contributed by atoms with Crippen LogP contribution < -0.4 is 16.0 Å². The van der Waals surface area contributed by atoms with Crippen molar-refractivity contribution >= 4 is 41.3 Å². The van der Waals surface area contributed by atoms with Gasteiger partial charge in [0.2, 0.25) is 17.7 Å². The minimum atomic E-state index is -1.03. The van der Waals surface area contributed by atoms with Gasteiger partial charge in [0, 0.05) is 56.9 Å². The lowest BCUT2D eigenvalue weighted by Gasteiger charge is -2.42. The van der Waals surface area contributed by atoms with E-state index < -0.39 is 29.7 Å². The van der Waals surface area contributed by atoms with Crippen LogP contribution in [0, 0.1) is 0 Å². The van der Waals surface area contributed by atoms with Crippen LogP contribution in [0.5, 0.6) is 0 Å². The summed E-state index contributed by atoms with van der Waals surface area (Å²) in [4.78, 5) is 80.0. The molecule has 5 rings (SSSR count). The standard InChI is InChI=1S/C32H44N6O8/c1-2-3-18-46-32(44)34-21-7-9-22(10-8-21)36-14-16-37(17-15-36)27(40)20-45-19-13-33-24-6-4-5-23-28(24)31(43)38(30(23)42)25-11-12-26(39)35-29(25)41/h4-6,21-22,25,33H,2-3,7-20H2,1H3,(H,34,44)(H,35,39,41). The van der Waals surface area contributed by atoms with Gasteiger partial charge in [-0.15, -0.1) is 0 Å². The number of ether oxygens (including phenoxy) is 2.